The number of likely N-dealkylation sites (N-methyl/N-ethyl adjacent to an activating group) is 2. The number of hydrogen-bond acceptors (Lipinski definition) is 3. The number of hydrogen-bond donors (Lipinski definition) is 0. The fourth-order valence-corrected chi connectivity index (χ4v) is 3.38. The Morgan fingerprint density at radius 1 is 0.643 bits per heavy atom. The van der Waals surface area contributed by atoms with Gasteiger partial charge in [-0.3, -0.25) is 4.90 Å². The molecule has 0 saturated heterocycles. The molecule has 28 heavy (non-hydrogen) atoms. The van der Waals surface area contributed by atoms with Crippen molar-refractivity contribution in [3.05, 3.63) is 102 Å². The summed E-state index contributed by atoms with van der Waals surface area (Å²) in [6.07, 6.45) is 0. The Kier molecular flexibility index (Phi) is 7.65. The second kappa shape index (κ2) is 10.6. The maximum Gasteiger partial charge on any atom is 0.119 e. The van der Waals surface area contributed by atoms with Gasteiger partial charge in [-0.05, 0) is 37.4 Å². The summed E-state index contributed by atoms with van der Waals surface area (Å²) in [7, 11) is 4.36. The van der Waals surface area contributed by atoms with Crippen LogP contribution in [0.4, 0.5) is 0 Å². The van der Waals surface area contributed by atoms with E-state index in [1.807, 2.05) is 30.3 Å². The highest BCUT2D eigenvalue weighted by Gasteiger charge is 2.19. The second-order valence-electron chi connectivity index (χ2n) is 7.17. The molecule has 0 aliphatic rings. The van der Waals surface area contributed by atoms with Crippen LogP contribution in [0.2, 0.25) is 0 Å². The van der Waals surface area contributed by atoms with Crippen molar-refractivity contribution in [3.63, 3.8) is 0 Å². The molecule has 0 unspecified atom stereocenters. The van der Waals surface area contributed by atoms with Crippen molar-refractivity contribution < 1.29 is 4.74 Å². The monoisotopic (exact) mass is 374 g/mol. The van der Waals surface area contributed by atoms with Gasteiger partial charge in [0.05, 0.1) is 6.04 Å². The zero-order valence-electron chi connectivity index (χ0n) is 16.9. The summed E-state index contributed by atoms with van der Waals surface area (Å²) in [6, 6.07) is 31.7. The summed E-state index contributed by atoms with van der Waals surface area (Å²) < 4.78 is 5.81. The number of para-hydroxylation sites is 1. The van der Waals surface area contributed by atoms with Gasteiger partial charge in [-0.2, -0.15) is 0 Å². The molecule has 3 nitrogen and oxygen atoms in total. The van der Waals surface area contributed by atoms with Crippen molar-refractivity contribution in [3.8, 4) is 5.75 Å². The van der Waals surface area contributed by atoms with Crippen LogP contribution in [0.25, 0.3) is 0 Å². The summed E-state index contributed by atoms with van der Waals surface area (Å²) in [5.41, 5.74) is 2.65. The number of benzene rings is 3. The molecule has 3 heteroatoms. The highest BCUT2D eigenvalue weighted by molar-refractivity contribution is 5.31. The Labute approximate surface area is 169 Å². The normalized spacial score (nSPS) is 11.3. The van der Waals surface area contributed by atoms with Gasteiger partial charge < -0.3 is 9.64 Å². The van der Waals surface area contributed by atoms with Gasteiger partial charge in [0.1, 0.15) is 12.4 Å². The summed E-state index contributed by atoms with van der Waals surface area (Å²) >= 11 is 0. The Morgan fingerprint density at radius 2 is 1.14 bits per heavy atom. The van der Waals surface area contributed by atoms with Crippen molar-refractivity contribution in [2.75, 3.05) is 40.3 Å². The predicted octanol–water partition coefficient (Wildman–Crippen LogP) is 4.72. The van der Waals surface area contributed by atoms with Crippen molar-refractivity contribution >= 4 is 0 Å². The molecule has 0 radical (unpaired) electrons. The Hall–Kier alpha value is -2.62. The van der Waals surface area contributed by atoms with Crippen molar-refractivity contribution in [1.29, 1.82) is 0 Å². The molecule has 0 spiro atoms. The molecule has 0 fully saturated rings. The molecule has 0 aromatic heterocycles. The van der Waals surface area contributed by atoms with Crippen LogP contribution < -0.4 is 4.74 Å². The van der Waals surface area contributed by atoms with E-state index < -0.39 is 0 Å². The zero-order valence-corrected chi connectivity index (χ0v) is 16.9. The van der Waals surface area contributed by atoms with E-state index in [2.05, 4.69) is 84.6 Å². The predicted molar refractivity (Wildman–Crippen MR) is 117 cm³/mol. The SMILES string of the molecule is CN(CCOc1ccccc1)CCN(C)C(c1ccccc1)c1ccccc1. The van der Waals surface area contributed by atoms with Gasteiger partial charge in [-0.15, -0.1) is 0 Å². The summed E-state index contributed by atoms with van der Waals surface area (Å²) in [5, 5.41) is 0. The molecule has 3 aromatic carbocycles. The first-order valence-corrected chi connectivity index (χ1v) is 9.90. The molecular weight excluding hydrogens is 344 g/mol. The fourth-order valence-electron chi connectivity index (χ4n) is 3.38. The largest absolute Gasteiger partial charge is 0.492 e. The third-order valence-electron chi connectivity index (χ3n) is 4.99. The van der Waals surface area contributed by atoms with E-state index in [1.165, 1.54) is 11.1 Å². The minimum atomic E-state index is 0.261. The average Bonchev–Trinajstić information content (AvgIpc) is 2.75. The van der Waals surface area contributed by atoms with E-state index in [1.54, 1.807) is 0 Å². The Morgan fingerprint density at radius 3 is 1.68 bits per heavy atom. The molecule has 0 aliphatic carbocycles. The van der Waals surface area contributed by atoms with Gasteiger partial charge in [0.2, 0.25) is 0 Å². The molecule has 0 heterocycles. The Bertz CT molecular complexity index is 753. The smallest absolute Gasteiger partial charge is 0.119 e. The minimum absolute atomic E-state index is 0.261. The molecule has 0 N–H and O–H groups in total. The van der Waals surface area contributed by atoms with Crippen LogP contribution in [0.15, 0.2) is 91.0 Å². The van der Waals surface area contributed by atoms with E-state index in [-0.39, 0.29) is 6.04 Å². The van der Waals surface area contributed by atoms with Crippen molar-refractivity contribution in [2.45, 2.75) is 6.04 Å². The quantitative estimate of drug-likeness (QED) is 0.511. The van der Waals surface area contributed by atoms with Gasteiger partial charge in [-0.1, -0.05) is 78.9 Å². The molecule has 146 valence electrons. The van der Waals surface area contributed by atoms with E-state index in [0.29, 0.717) is 6.61 Å². The van der Waals surface area contributed by atoms with Crippen LogP contribution in [0.5, 0.6) is 5.75 Å². The maximum atomic E-state index is 5.81. The first-order chi connectivity index (χ1) is 13.7. The molecule has 0 atom stereocenters. The van der Waals surface area contributed by atoms with Crippen LogP contribution in [-0.4, -0.2) is 50.1 Å². The van der Waals surface area contributed by atoms with E-state index >= 15 is 0 Å². The number of rotatable bonds is 10. The van der Waals surface area contributed by atoms with Crippen LogP contribution >= 0.6 is 0 Å². The summed E-state index contributed by atoms with van der Waals surface area (Å²) in [5.74, 6) is 0.932. The van der Waals surface area contributed by atoms with E-state index in [0.717, 1.165) is 25.4 Å². The molecule has 0 amide bonds. The van der Waals surface area contributed by atoms with Crippen LogP contribution in [0.1, 0.15) is 17.2 Å². The van der Waals surface area contributed by atoms with E-state index in [9.17, 15) is 0 Å². The lowest BCUT2D eigenvalue weighted by molar-refractivity contribution is 0.199. The molecular formula is C25H30N2O. The lowest BCUT2D eigenvalue weighted by atomic mass is 9.97. The van der Waals surface area contributed by atoms with Gasteiger partial charge in [0.15, 0.2) is 0 Å². The number of ether oxygens (including phenoxy) is 1. The number of nitrogens with zero attached hydrogens (tertiary/aromatic N) is 2. The molecule has 0 aliphatic heterocycles. The Balaban J connectivity index is 1.54. The molecule has 0 saturated carbocycles. The summed E-state index contributed by atoms with van der Waals surface area (Å²) in [6.45, 7) is 3.58. The van der Waals surface area contributed by atoms with Gasteiger partial charge >= 0.3 is 0 Å². The highest BCUT2D eigenvalue weighted by atomic mass is 16.5. The third kappa shape index (κ3) is 5.95. The standard InChI is InChI=1S/C25H30N2O/c1-26(20-21-28-24-16-10-5-11-17-24)18-19-27(2)25(22-12-6-3-7-13-22)23-14-8-4-9-15-23/h3-17,25H,18-21H2,1-2H3. The van der Waals surface area contributed by atoms with Gasteiger partial charge in [0.25, 0.3) is 0 Å². The maximum absolute atomic E-state index is 5.81. The molecule has 3 rings (SSSR count). The van der Waals surface area contributed by atoms with Crippen LogP contribution in [0.3, 0.4) is 0 Å². The minimum Gasteiger partial charge on any atom is -0.492 e. The van der Waals surface area contributed by atoms with Crippen LogP contribution in [-0.2, 0) is 0 Å². The third-order valence-corrected chi connectivity index (χ3v) is 4.99. The summed E-state index contributed by atoms with van der Waals surface area (Å²) in [4.78, 5) is 4.76. The molecule has 0 bridgehead atoms. The lowest BCUT2D eigenvalue weighted by Crippen LogP contribution is -2.35. The van der Waals surface area contributed by atoms with Crippen molar-refractivity contribution in [1.82, 2.24) is 9.80 Å². The van der Waals surface area contributed by atoms with E-state index in [4.69, 9.17) is 4.74 Å². The van der Waals surface area contributed by atoms with Crippen molar-refractivity contribution in [2.24, 2.45) is 0 Å². The first kappa shape index (κ1) is 20.1. The second-order valence-corrected chi connectivity index (χ2v) is 7.17. The van der Waals surface area contributed by atoms with Gasteiger partial charge in [0, 0.05) is 19.6 Å². The van der Waals surface area contributed by atoms with Crippen LogP contribution in [0, 0.1) is 0 Å². The van der Waals surface area contributed by atoms with Gasteiger partial charge in [-0.25, -0.2) is 0 Å². The molecule has 3 aromatic rings. The fraction of sp³-hybridized carbons (Fsp3) is 0.280. The average molecular weight is 375 g/mol. The lowest BCUT2D eigenvalue weighted by Gasteiger charge is -2.30. The zero-order chi connectivity index (χ0) is 19.6. The topological polar surface area (TPSA) is 15.7 Å². The highest BCUT2D eigenvalue weighted by Crippen LogP contribution is 2.27. The first-order valence-electron chi connectivity index (χ1n) is 9.90.